The van der Waals surface area contributed by atoms with Crippen LogP contribution in [0.2, 0.25) is 0 Å². The number of amides is 1. The molecule has 22 heavy (non-hydrogen) atoms. The van der Waals surface area contributed by atoms with E-state index in [-0.39, 0.29) is 30.9 Å². The smallest absolute Gasteiger partial charge is 0.320 e. The van der Waals surface area contributed by atoms with Crippen LogP contribution in [0.25, 0.3) is 0 Å². The van der Waals surface area contributed by atoms with E-state index in [0.29, 0.717) is 13.0 Å². The zero-order valence-corrected chi connectivity index (χ0v) is 13.4. The number of fused-ring (bicyclic) bond motifs is 1. The van der Waals surface area contributed by atoms with Gasteiger partial charge in [-0.3, -0.25) is 14.5 Å². The average molecular weight is 325 g/mol. The van der Waals surface area contributed by atoms with E-state index < -0.39 is 12.0 Å². The van der Waals surface area contributed by atoms with Crippen LogP contribution in [0.4, 0.5) is 5.69 Å². The van der Waals surface area contributed by atoms with Crippen molar-refractivity contribution in [1.29, 1.82) is 0 Å². The van der Waals surface area contributed by atoms with E-state index in [0.717, 1.165) is 18.5 Å². The lowest BCUT2D eigenvalue weighted by Gasteiger charge is -2.27. The number of carboxylic acid groups (broad SMARTS) is 1. The van der Waals surface area contributed by atoms with E-state index in [2.05, 4.69) is 6.07 Å². The molecule has 2 aliphatic heterocycles. The Kier molecular flexibility index (Phi) is 5.08. The Morgan fingerprint density at radius 3 is 2.77 bits per heavy atom. The fourth-order valence-electron chi connectivity index (χ4n) is 3.49. The van der Waals surface area contributed by atoms with Gasteiger partial charge in [0.05, 0.1) is 6.54 Å². The van der Waals surface area contributed by atoms with E-state index in [1.165, 1.54) is 5.56 Å². The fourth-order valence-corrected chi connectivity index (χ4v) is 3.49. The van der Waals surface area contributed by atoms with Crippen molar-refractivity contribution in [2.75, 3.05) is 18.0 Å². The summed E-state index contributed by atoms with van der Waals surface area (Å²) in [6.07, 6.45) is 2.34. The highest BCUT2D eigenvalue weighted by Gasteiger charge is 2.36. The Morgan fingerprint density at radius 1 is 1.32 bits per heavy atom. The number of anilines is 1. The average Bonchev–Trinajstić information content (AvgIpc) is 3.01. The maximum absolute atomic E-state index is 12.6. The fraction of sp³-hybridized carbons (Fsp3) is 0.500. The molecule has 0 bridgehead atoms. The number of hydrogen-bond donors (Lipinski definition) is 1. The SMILES string of the molecule is CC1Cc2ccccc2N1C(=O)CN1CCCC1C(=O)O.Cl. The highest BCUT2D eigenvalue weighted by atomic mass is 35.5. The van der Waals surface area contributed by atoms with Gasteiger partial charge in [0.1, 0.15) is 6.04 Å². The molecule has 0 radical (unpaired) electrons. The minimum absolute atomic E-state index is 0. The molecule has 1 aromatic carbocycles. The number of benzene rings is 1. The molecule has 1 saturated heterocycles. The normalized spacial score (nSPS) is 24.0. The van der Waals surface area contributed by atoms with Crippen LogP contribution in [0.5, 0.6) is 0 Å². The van der Waals surface area contributed by atoms with Gasteiger partial charge in [0, 0.05) is 11.7 Å². The van der Waals surface area contributed by atoms with Gasteiger partial charge in [0.25, 0.3) is 0 Å². The second-order valence-electron chi connectivity index (χ2n) is 5.91. The summed E-state index contributed by atoms with van der Waals surface area (Å²) in [4.78, 5) is 27.5. The molecule has 1 amide bonds. The number of para-hydroxylation sites is 1. The predicted molar refractivity (Wildman–Crippen MR) is 86.6 cm³/mol. The van der Waals surface area contributed by atoms with Crippen molar-refractivity contribution in [3.05, 3.63) is 29.8 Å². The van der Waals surface area contributed by atoms with Crippen LogP contribution in [0.15, 0.2) is 24.3 Å². The largest absolute Gasteiger partial charge is 0.480 e. The third-order valence-corrected chi connectivity index (χ3v) is 4.46. The molecule has 0 spiro atoms. The zero-order chi connectivity index (χ0) is 15.0. The number of rotatable bonds is 3. The van der Waals surface area contributed by atoms with Gasteiger partial charge in [-0.05, 0) is 44.4 Å². The van der Waals surface area contributed by atoms with Crippen molar-refractivity contribution in [2.24, 2.45) is 0 Å². The van der Waals surface area contributed by atoms with E-state index in [9.17, 15) is 14.7 Å². The number of hydrogen-bond acceptors (Lipinski definition) is 3. The number of likely N-dealkylation sites (tertiary alicyclic amines) is 1. The van der Waals surface area contributed by atoms with Crippen LogP contribution < -0.4 is 4.90 Å². The van der Waals surface area contributed by atoms with E-state index in [1.807, 2.05) is 30.0 Å². The molecular weight excluding hydrogens is 304 g/mol. The van der Waals surface area contributed by atoms with Crippen molar-refractivity contribution in [2.45, 2.75) is 38.3 Å². The first kappa shape index (κ1) is 16.8. The number of nitrogens with zero attached hydrogens (tertiary/aromatic N) is 2. The third-order valence-electron chi connectivity index (χ3n) is 4.46. The van der Waals surface area contributed by atoms with Crippen molar-refractivity contribution in [1.82, 2.24) is 4.90 Å². The number of halogens is 1. The lowest BCUT2D eigenvalue weighted by atomic mass is 10.1. The number of carbonyl (C=O) groups is 2. The Labute approximate surface area is 136 Å². The third kappa shape index (κ3) is 2.96. The molecule has 2 aliphatic rings. The summed E-state index contributed by atoms with van der Waals surface area (Å²) < 4.78 is 0. The first-order valence-electron chi connectivity index (χ1n) is 7.44. The van der Waals surface area contributed by atoms with Gasteiger partial charge < -0.3 is 10.0 Å². The predicted octanol–water partition coefficient (Wildman–Crippen LogP) is 1.94. The maximum Gasteiger partial charge on any atom is 0.320 e. The second-order valence-corrected chi connectivity index (χ2v) is 5.91. The Morgan fingerprint density at radius 2 is 2.05 bits per heavy atom. The molecule has 1 N–H and O–H groups in total. The number of carboxylic acids is 1. The van der Waals surface area contributed by atoms with Crippen LogP contribution in [-0.2, 0) is 16.0 Å². The van der Waals surface area contributed by atoms with Crippen molar-refractivity contribution >= 4 is 30.0 Å². The van der Waals surface area contributed by atoms with Gasteiger partial charge in [-0.15, -0.1) is 12.4 Å². The molecule has 5 nitrogen and oxygen atoms in total. The summed E-state index contributed by atoms with van der Waals surface area (Å²) in [5.74, 6) is -0.823. The van der Waals surface area contributed by atoms with Crippen molar-refractivity contribution < 1.29 is 14.7 Å². The molecule has 6 heteroatoms. The summed E-state index contributed by atoms with van der Waals surface area (Å²) in [6, 6.07) is 7.57. The summed E-state index contributed by atoms with van der Waals surface area (Å²) in [6.45, 7) is 2.92. The lowest BCUT2D eigenvalue weighted by Crippen LogP contribution is -2.46. The quantitative estimate of drug-likeness (QED) is 0.923. The summed E-state index contributed by atoms with van der Waals surface area (Å²) >= 11 is 0. The van der Waals surface area contributed by atoms with Crippen LogP contribution in [0, 0.1) is 0 Å². The van der Waals surface area contributed by atoms with Gasteiger partial charge in [0.2, 0.25) is 5.91 Å². The standard InChI is InChI=1S/C16H20N2O3.ClH/c1-11-9-12-5-2-3-6-13(12)18(11)15(19)10-17-8-4-7-14(17)16(20)21;/h2-3,5-6,11,14H,4,7-10H2,1H3,(H,20,21);1H. The molecule has 1 aromatic rings. The van der Waals surface area contributed by atoms with Gasteiger partial charge >= 0.3 is 5.97 Å². The second kappa shape index (κ2) is 6.67. The first-order chi connectivity index (χ1) is 10.1. The van der Waals surface area contributed by atoms with Gasteiger partial charge in [0.15, 0.2) is 0 Å². The van der Waals surface area contributed by atoms with E-state index in [1.54, 1.807) is 4.90 Å². The minimum Gasteiger partial charge on any atom is -0.480 e. The molecular formula is C16H21ClN2O3. The monoisotopic (exact) mass is 324 g/mol. The maximum atomic E-state index is 12.6. The van der Waals surface area contributed by atoms with E-state index >= 15 is 0 Å². The van der Waals surface area contributed by atoms with Crippen LogP contribution >= 0.6 is 12.4 Å². The highest BCUT2D eigenvalue weighted by molar-refractivity contribution is 5.97. The first-order valence-corrected chi connectivity index (χ1v) is 7.44. The van der Waals surface area contributed by atoms with Crippen LogP contribution in [-0.4, -0.2) is 47.1 Å². The molecule has 0 saturated carbocycles. The van der Waals surface area contributed by atoms with Crippen LogP contribution in [0.1, 0.15) is 25.3 Å². The van der Waals surface area contributed by atoms with Gasteiger partial charge in [-0.1, -0.05) is 18.2 Å². The molecule has 120 valence electrons. The number of carbonyl (C=O) groups excluding carboxylic acids is 1. The Bertz CT molecular complexity index is 578. The highest BCUT2D eigenvalue weighted by Crippen LogP contribution is 2.32. The van der Waals surface area contributed by atoms with Gasteiger partial charge in [-0.25, -0.2) is 0 Å². The molecule has 0 aromatic heterocycles. The van der Waals surface area contributed by atoms with Crippen molar-refractivity contribution in [3.63, 3.8) is 0 Å². The Balaban J connectivity index is 0.00000176. The zero-order valence-electron chi connectivity index (χ0n) is 12.6. The van der Waals surface area contributed by atoms with Crippen molar-refractivity contribution in [3.8, 4) is 0 Å². The van der Waals surface area contributed by atoms with Crippen LogP contribution in [0.3, 0.4) is 0 Å². The topological polar surface area (TPSA) is 60.9 Å². The summed E-state index contributed by atoms with van der Waals surface area (Å²) in [7, 11) is 0. The molecule has 0 aliphatic carbocycles. The summed E-state index contributed by atoms with van der Waals surface area (Å²) in [5.41, 5.74) is 2.16. The molecule has 3 rings (SSSR count). The molecule has 2 heterocycles. The minimum atomic E-state index is -0.824. The molecule has 1 fully saturated rings. The molecule has 2 unspecified atom stereocenters. The molecule has 2 atom stereocenters. The lowest BCUT2D eigenvalue weighted by molar-refractivity contribution is -0.142. The number of aliphatic carboxylic acids is 1. The Hall–Kier alpha value is -1.59. The van der Waals surface area contributed by atoms with Gasteiger partial charge in [-0.2, -0.15) is 0 Å². The van der Waals surface area contributed by atoms with E-state index in [4.69, 9.17) is 0 Å². The summed E-state index contributed by atoms with van der Waals surface area (Å²) in [5, 5.41) is 9.21.